The third-order valence-corrected chi connectivity index (χ3v) is 11.8. The van der Waals surface area contributed by atoms with Crippen LogP contribution < -0.4 is 10.6 Å². The Kier molecular flexibility index (Phi) is 9.71. The van der Waals surface area contributed by atoms with Crippen LogP contribution in [-0.2, 0) is 20.7 Å². The molecular weight excluding hydrogens is 722 g/mol. The number of hydrogen-bond acceptors (Lipinski definition) is 9. The number of nitrogens with zero attached hydrogens (tertiary/aromatic N) is 6. The van der Waals surface area contributed by atoms with Crippen LogP contribution in [0.3, 0.4) is 0 Å². The number of methoxy groups -OCH3 is 1. The first-order valence-corrected chi connectivity index (χ1v) is 19.3. The van der Waals surface area contributed by atoms with E-state index in [1.54, 1.807) is 22.1 Å². The number of H-pyrrole nitrogens is 1. The number of rotatable bonds is 10. The molecule has 284 valence electrons. The van der Waals surface area contributed by atoms with Gasteiger partial charge < -0.3 is 34.7 Å². The van der Waals surface area contributed by atoms with Gasteiger partial charge in [0.15, 0.2) is 0 Å². The van der Waals surface area contributed by atoms with Crippen molar-refractivity contribution < 1.29 is 23.5 Å². The second-order valence-corrected chi connectivity index (χ2v) is 15.4. The molecule has 0 aliphatic carbocycles. The third-order valence-electron chi connectivity index (χ3n) is 10.9. The predicted molar refractivity (Wildman–Crippen MR) is 207 cm³/mol. The van der Waals surface area contributed by atoms with Crippen LogP contribution in [0.4, 0.5) is 9.18 Å². The van der Waals surface area contributed by atoms with Crippen molar-refractivity contribution in [2.45, 2.75) is 64.1 Å². The topological polar surface area (TPSA) is 150 Å². The first-order valence-electron chi connectivity index (χ1n) is 18.4. The number of aryl methyl sites for hydroxylation is 1. The van der Waals surface area contributed by atoms with Crippen LogP contribution in [0.2, 0.25) is 0 Å². The Labute approximate surface area is 321 Å². The number of ether oxygens (including phenoxy) is 1. The molecule has 3 N–H and O–H groups in total. The van der Waals surface area contributed by atoms with Gasteiger partial charge in [0.1, 0.15) is 28.2 Å². The largest absolute Gasteiger partial charge is 0.453 e. The van der Waals surface area contributed by atoms with Crippen molar-refractivity contribution in [2.75, 3.05) is 26.7 Å². The number of nitrogens with one attached hydrogen (secondary N) is 3. The summed E-state index contributed by atoms with van der Waals surface area (Å²) in [4.78, 5) is 47.7. The van der Waals surface area contributed by atoms with Gasteiger partial charge in [0.2, 0.25) is 12.3 Å². The zero-order valence-electron chi connectivity index (χ0n) is 30.9. The molecule has 0 spiro atoms. The number of fused-ring (bicyclic) bond motifs is 5. The van der Waals surface area contributed by atoms with Crippen LogP contribution in [0, 0.1) is 12.7 Å². The van der Waals surface area contributed by atoms with Crippen molar-refractivity contribution in [1.82, 2.24) is 45.2 Å². The third kappa shape index (κ3) is 6.66. The number of amides is 3. The fraction of sp³-hybridized carbons (Fsp3) is 0.350. The Morgan fingerprint density at radius 2 is 1.96 bits per heavy atom. The molecular formula is C40H42FN9O4S. The standard InChI is InChI=1S/C40H42FN9O4S/c1-5-29(44-22(2)31-8-6-12-48(31)21-51)25-15-27-18-35(39-47-46-23(3)55-39)50-32-11-10-24(14-26(32)17-34(50)37(27)28(41)16-25)30-19-42-38(45-30)33-9-7-13-49(33)36(52)20-43-40(53)54-4/h5,10-11,14-17,19,21,31,33,35,44H,2,6-9,12-13,18,20H2,1,3-4H3,(H,42,45)(H,43,53)/b29-5-/t31-,33?,35?/m1/s1. The number of halogens is 1. The Hall–Kier alpha value is -5.83. The van der Waals surface area contributed by atoms with Gasteiger partial charge in [-0.2, -0.15) is 0 Å². The van der Waals surface area contributed by atoms with E-state index in [0.717, 1.165) is 81.2 Å². The fourth-order valence-electron chi connectivity index (χ4n) is 8.32. The van der Waals surface area contributed by atoms with E-state index in [1.807, 2.05) is 38.1 Å². The minimum absolute atomic E-state index is 0.114. The van der Waals surface area contributed by atoms with Crippen molar-refractivity contribution in [3.63, 3.8) is 0 Å². The number of allylic oxidation sites excluding steroid dienone is 1. The van der Waals surface area contributed by atoms with Gasteiger partial charge in [0.25, 0.3) is 0 Å². The minimum atomic E-state index is -0.654. The molecule has 2 saturated heterocycles. The molecule has 13 nitrogen and oxygen atoms in total. The molecule has 3 aromatic heterocycles. The maximum atomic E-state index is 16.6. The molecule has 0 radical (unpaired) electrons. The lowest BCUT2D eigenvalue weighted by Gasteiger charge is -2.29. The molecule has 0 saturated carbocycles. The summed E-state index contributed by atoms with van der Waals surface area (Å²) in [7, 11) is 1.26. The molecule has 2 fully saturated rings. The molecule has 6 heterocycles. The number of carbonyl (C=O) groups excluding carboxylic acids is 3. The average molecular weight is 764 g/mol. The SMILES string of the molecule is C=C(N/C(=C\C)c1cc(F)c2c(c1)CC(c1nnc(C)s1)n1c-2cc2cc(-c3cnc(C4CCCN4C(=O)CNC(=O)OC)[nH]3)ccc21)[C@H]1CCCN1C=O. The molecule has 55 heavy (non-hydrogen) atoms. The van der Waals surface area contributed by atoms with Crippen LogP contribution in [0.25, 0.3) is 39.1 Å². The number of carbonyl (C=O) groups is 3. The molecule has 3 aliphatic heterocycles. The molecule has 15 heteroatoms. The fourth-order valence-corrected chi connectivity index (χ4v) is 9.11. The van der Waals surface area contributed by atoms with E-state index in [1.165, 1.54) is 18.4 Å². The van der Waals surface area contributed by atoms with Crippen LogP contribution >= 0.6 is 11.3 Å². The van der Waals surface area contributed by atoms with Crippen LogP contribution in [0.15, 0.2) is 60.9 Å². The molecule has 5 aromatic rings. The summed E-state index contributed by atoms with van der Waals surface area (Å²) in [6.07, 6.45) is 7.72. The molecule has 8 rings (SSSR count). The molecule has 0 bridgehead atoms. The van der Waals surface area contributed by atoms with E-state index in [0.29, 0.717) is 42.2 Å². The van der Waals surface area contributed by atoms with Crippen molar-refractivity contribution in [3.05, 3.63) is 93.7 Å². The summed E-state index contributed by atoms with van der Waals surface area (Å²) in [5, 5.41) is 17.4. The van der Waals surface area contributed by atoms with Gasteiger partial charge >= 0.3 is 6.09 Å². The lowest BCUT2D eigenvalue weighted by Crippen LogP contribution is -2.40. The van der Waals surface area contributed by atoms with Gasteiger partial charge in [0.05, 0.1) is 42.8 Å². The van der Waals surface area contributed by atoms with Gasteiger partial charge in [-0.1, -0.05) is 30.1 Å². The number of benzene rings is 2. The van der Waals surface area contributed by atoms with Gasteiger partial charge in [-0.3, -0.25) is 9.59 Å². The highest BCUT2D eigenvalue weighted by Crippen LogP contribution is 2.45. The van der Waals surface area contributed by atoms with Crippen molar-refractivity contribution in [3.8, 4) is 22.5 Å². The molecule has 3 amide bonds. The van der Waals surface area contributed by atoms with Gasteiger partial charge in [0, 0.05) is 58.5 Å². The number of likely N-dealkylation sites (tertiary alicyclic amines) is 2. The number of alkyl carbamates (subject to hydrolysis) is 1. The van der Waals surface area contributed by atoms with E-state index in [-0.39, 0.29) is 36.4 Å². The van der Waals surface area contributed by atoms with Crippen LogP contribution in [0.1, 0.15) is 71.7 Å². The number of imidazole rings is 1. The molecule has 3 atom stereocenters. The van der Waals surface area contributed by atoms with Crippen molar-refractivity contribution >= 4 is 46.3 Å². The number of hydrogen-bond donors (Lipinski definition) is 3. The van der Waals surface area contributed by atoms with Crippen molar-refractivity contribution in [2.24, 2.45) is 0 Å². The Morgan fingerprint density at radius 1 is 1.13 bits per heavy atom. The highest BCUT2D eigenvalue weighted by atomic mass is 32.1. The lowest BCUT2D eigenvalue weighted by atomic mass is 9.91. The highest BCUT2D eigenvalue weighted by Gasteiger charge is 2.34. The minimum Gasteiger partial charge on any atom is -0.453 e. The van der Waals surface area contributed by atoms with Gasteiger partial charge in [-0.05, 0) is 75.4 Å². The molecule has 2 unspecified atom stereocenters. The van der Waals surface area contributed by atoms with Gasteiger partial charge in [-0.25, -0.2) is 14.2 Å². The average Bonchev–Trinajstić information content (AvgIpc) is 4.04. The van der Waals surface area contributed by atoms with Crippen LogP contribution in [-0.4, -0.2) is 85.7 Å². The normalized spacial score (nSPS) is 19.3. The van der Waals surface area contributed by atoms with Crippen LogP contribution in [0.5, 0.6) is 0 Å². The summed E-state index contributed by atoms with van der Waals surface area (Å²) < 4.78 is 23.4. The van der Waals surface area contributed by atoms with Gasteiger partial charge in [-0.15, -0.1) is 10.2 Å². The monoisotopic (exact) mass is 763 g/mol. The smallest absolute Gasteiger partial charge is 0.407 e. The number of aromatic amines is 1. The van der Waals surface area contributed by atoms with E-state index in [2.05, 4.69) is 58.8 Å². The summed E-state index contributed by atoms with van der Waals surface area (Å²) in [5.41, 5.74) is 6.94. The first kappa shape index (κ1) is 36.2. The summed E-state index contributed by atoms with van der Waals surface area (Å²) >= 11 is 1.54. The quantitative estimate of drug-likeness (QED) is 0.142. The highest BCUT2D eigenvalue weighted by molar-refractivity contribution is 7.11. The molecule has 2 aromatic carbocycles. The zero-order chi connectivity index (χ0) is 38.4. The Bertz CT molecular complexity index is 2360. The lowest BCUT2D eigenvalue weighted by molar-refractivity contribution is -0.131. The Morgan fingerprint density at radius 3 is 2.73 bits per heavy atom. The van der Waals surface area contributed by atoms with Crippen molar-refractivity contribution in [1.29, 1.82) is 0 Å². The maximum absolute atomic E-state index is 16.6. The first-order chi connectivity index (χ1) is 26.7. The summed E-state index contributed by atoms with van der Waals surface area (Å²) in [5.74, 6) is 0.142. The number of aromatic nitrogens is 5. The van der Waals surface area contributed by atoms with E-state index in [4.69, 9.17) is 0 Å². The summed E-state index contributed by atoms with van der Waals surface area (Å²) in [6.45, 7) is 9.19. The predicted octanol–water partition coefficient (Wildman–Crippen LogP) is 6.25. The molecule has 3 aliphatic rings. The van der Waals surface area contributed by atoms with E-state index >= 15 is 4.39 Å². The van der Waals surface area contributed by atoms with E-state index in [9.17, 15) is 14.4 Å². The zero-order valence-corrected chi connectivity index (χ0v) is 31.7. The van der Waals surface area contributed by atoms with E-state index < -0.39 is 6.09 Å². The Balaban J connectivity index is 1.12. The second-order valence-electron chi connectivity index (χ2n) is 14.2. The maximum Gasteiger partial charge on any atom is 0.407 e. The second kappa shape index (κ2) is 14.8. The summed E-state index contributed by atoms with van der Waals surface area (Å²) in [6, 6.07) is 11.2.